The smallest absolute Gasteiger partial charge is 0.323 e. The molecule has 1 spiro atoms. The number of hydrogen-bond donors (Lipinski definition) is 1. The minimum absolute atomic E-state index is 0.115. The summed E-state index contributed by atoms with van der Waals surface area (Å²) in [6, 6.07) is 6.37. The fourth-order valence-corrected chi connectivity index (χ4v) is 4.53. The summed E-state index contributed by atoms with van der Waals surface area (Å²) in [6.45, 7) is 2.40. The topological polar surface area (TPSA) is 86.8 Å². The number of nitrogens with one attached hydrogen (secondary N) is 1. The quantitative estimate of drug-likeness (QED) is 0.651. The fourth-order valence-electron chi connectivity index (χ4n) is 4.53. The second-order valence-electron chi connectivity index (χ2n) is 7.67. The SMILES string of the molecule is CC1CCCCC12NC(=O)N(CCCN1C(=O)c3ccccc3C1=O)C2=O. The molecule has 0 aromatic heterocycles. The number of nitrogens with zero attached hydrogens (tertiary/aromatic N) is 2. The number of benzene rings is 1. The summed E-state index contributed by atoms with van der Waals surface area (Å²) in [7, 11) is 0. The molecule has 1 aromatic carbocycles. The van der Waals surface area contributed by atoms with Crippen LogP contribution in [0, 0.1) is 5.92 Å². The molecule has 2 unspecified atom stereocenters. The Bertz CT molecular complexity index is 801. The average Bonchev–Trinajstić information content (AvgIpc) is 3.05. The summed E-state index contributed by atoms with van der Waals surface area (Å²) in [5.74, 6) is -0.679. The van der Waals surface area contributed by atoms with Crippen LogP contribution in [-0.2, 0) is 4.79 Å². The van der Waals surface area contributed by atoms with Crippen LogP contribution in [0.2, 0.25) is 0 Å². The summed E-state index contributed by atoms with van der Waals surface area (Å²) in [4.78, 5) is 52.6. The van der Waals surface area contributed by atoms with Crippen molar-refractivity contribution >= 4 is 23.8 Å². The van der Waals surface area contributed by atoms with Crippen LogP contribution in [0.1, 0.15) is 59.7 Å². The first-order valence-electron chi connectivity index (χ1n) is 9.55. The molecule has 2 fully saturated rings. The molecule has 1 saturated carbocycles. The molecule has 1 aromatic rings. The Morgan fingerprint density at radius 2 is 1.63 bits per heavy atom. The van der Waals surface area contributed by atoms with Gasteiger partial charge in [0.2, 0.25) is 0 Å². The van der Waals surface area contributed by atoms with Crippen LogP contribution in [-0.4, -0.2) is 52.2 Å². The number of rotatable bonds is 4. The second kappa shape index (κ2) is 6.48. The van der Waals surface area contributed by atoms with Crippen LogP contribution in [0.4, 0.5) is 4.79 Å². The summed E-state index contributed by atoms with van der Waals surface area (Å²) in [6.07, 6.45) is 3.97. The van der Waals surface area contributed by atoms with Crippen molar-refractivity contribution in [1.82, 2.24) is 15.1 Å². The molecule has 4 rings (SSSR count). The Morgan fingerprint density at radius 3 is 2.26 bits per heavy atom. The Hall–Kier alpha value is -2.70. The predicted molar refractivity (Wildman–Crippen MR) is 97.0 cm³/mol. The number of fused-ring (bicyclic) bond motifs is 1. The second-order valence-corrected chi connectivity index (χ2v) is 7.67. The first-order chi connectivity index (χ1) is 13.0. The van der Waals surface area contributed by atoms with E-state index < -0.39 is 5.54 Å². The van der Waals surface area contributed by atoms with Crippen LogP contribution in [0.15, 0.2) is 24.3 Å². The molecule has 3 aliphatic rings. The summed E-state index contributed by atoms with van der Waals surface area (Å²) in [5.41, 5.74) is 0.0464. The summed E-state index contributed by atoms with van der Waals surface area (Å²) < 4.78 is 0. The summed E-state index contributed by atoms with van der Waals surface area (Å²) >= 11 is 0. The monoisotopic (exact) mass is 369 g/mol. The maximum absolute atomic E-state index is 12.9. The molecule has 7 heteroatoms. The third-order valence-corrected chi connectivity index (χ3v) is 6.14. The van der Waals surface area contributed by atoms with Crippen molar-refractivity contribution in [3.05, 3.63) is 35.4 Å². The standard InChI is InChI=1S/C20H23N3O4/c1-13-7-4-5-10-20(13)18(26)23(19(27)21-20)12-6-11-22-16(24)14-8-2-3-9-15(14)17(22)25/h2-3,8-9,13H,4-7,10-12H2,1H3,(H,21,27). The van der Waals surface area contributed by atoms with Gasteiger partial charge in [0.15, 0.2) is 0 Å². The van der Waals surface area contributed by atoms with Crippen LogP contribution in [0.5, 0.6) is 0 Å². The van der Waals surface area contributed by atoms with Crippen molar-refractivity contribution < 1.29 is 19.2 Å². The lowest BCUT2D eigenvalue weighted by atomic mass is 9.73. The van der Waals surface area contributed by atoms with E-state index in [0.717, 1.165) is 19.3 Å². The van der Waals surface area contributed by atoms with Crippen molar-refractivity contribution in [1.29, 1.82) is 0 Å². The van der Waals surface area contributed by atoms with E-state index in [1.807, 2.05) is 6.92 Å². The number of carbonyl (C=O) groups excluding carboxylic acids is 4. The van der Waals surface area contributed by atoms with Crippen LogP contribution < -0.4 is 5.32 Å². The molecular weight excluding hydrogens is 346 g/mol. The Kier molecular flexibility index (Phi) is 4.25. The molecule has 142 valence electrons. The van der Waals surface area contributed by atoms with Crippen molar-refractivity contribution in [3.63, 3.8) is 0 Å². The third kappa shape index (κ3) is 2.64. The van der Waals surface area contributed by atoms with Gasteiger partial charge in [-0.25, -0.2) is 4.79 Å². The minimum Gasteiger partial charge on any atom is -0.323 e. The van der Waals surface area contributed by atoms with Crippen LogP contribution in [0.3, 0.4) is 0 Å². The molecular formula is C20H23N3O4. The molecule has 0 bridgehead atoms. The molecule has 1 saturated heterocycles. The van der Waals surface area contributed by atoms with E-state index in [1.165, 1.54) is 9.80 Å². The van der Waals surface area contributed by atoms with Gasteiger partial charge in [-0.15, -0.1) is 0 Å². The first kappa shape index (κ1) is 17.7. The highest BCUT2D eigenvalue weighted by Crippen LogP contribution is 2.38. The normalized spacial score (nSPS) is 27.5. The van der Waals surface area contributed by atoms with Crippen LogP contribution >= 0.6 is 0 Å². The van der Waals surface area contributed by atoms with Crippen molar-refractivity contribution in [2.45, 2.75) is 44.6 Å². The van der Waals surface area contributed by atoms with Crippen molar-refractivity contribution in [2.24, 2.45) is 5.92 Å². The molecule has 2 atom stereocenters. The number of carbonyl (C=O) groups is 4. The lowest BCUT2D eigenvalue weighted by Crippen LogP contribution is -2.54. The molecule has 27 heavy (non-hydrogen) atoms. The molecule has 1 aliphatic carbocycles. The zero-order chi connectivity index (χ0) is 19.2. The van der Waals surface area contributed by atoms with E-state index in [9.17, 15) is 19.2 Å². The molecule has 2 heterocycles. The van der Waals surface area contributed by atoms with Gasteiger partial charge in [-0.05, 0) is 37.3 Å². The Morgan fingerprint density at radius 1 is 1.00 bits per heavy atom. The Labute approximate surface area is 157 Å². The lowest BCUT2D eigenvalue weighted by molar-refractivity contribution is -0.134. The van der Waals surface area contributed by atoms with Crippen LogP contribution in [0.25, 0.3) is 0 Å². The number of urea groups is 1. The maximum atomic E-state index is 12.9. The number of imide groups is 2. The van der Waals surface area contributed by atoms with E-state index in [1.54, 1.807) is 24.3 Å². The van der Waals surface area contributed by atoms with Crippen molar-refractivity contribution in [3.8, 4) is 0 Å². The van der Waals surface area contributed by atoms with E-state index in [2.05, 4.69) is 5.32 Å². The van der Waals surface area contributed by atoms with E-state index in [-0.39, 0.29) is 42.8 Å². The van der Waals surface area contributed by atoms with Gasteiger partial charge in [-0.2, -0.15) is 0 Å². The van der Waals surface area contributed by atoms with Gasteiger partial charge in [0.05, 0.1) is 11.1 Å². The van der Waals surface area contributed by atoms with E-state index >= 15 is 0 Å². The first-order valence-corrected chi connectivity index (χ1v) is 9.55. The highest BCUT2D eigenvalue weighted by molar-refractivity contribution is 6.21. The van der Waals surface area contributed by atoms with Gasteiger partial charge in [0.25, 0.3) is 17.7 Å². The molecule has 7 nitrogen and oxygen atoms in total. The molecule has 2 aliphatic heterocycles. The number of amides is 5. The maximum Gasteiger partial charge on any atom is 0.325 e. The van der Waals surface area contributed by atoms with Gasteiger partial charge in [-0.3, -0.25) is 24.2 Å². The minimum atomic E-state index is -0.773. The zero-order valence-electron chi connectivity index (χ0n) is 15.4. The molecule has 0 radical (unpaired) electrons. The van der Waals surface area contributed by atoms with Gasteiger partial charge in [0.1, 0.15) is 5.54 Å². The Balaban J connectivity index is 1.40. The molecule has 1 N–H and O–H groups in total. The molecule has 5 amide bonds. The van der Waals surface area contributed by atoms with Gasteiger partial charge in [0, 0.05) is 13.1 Å². The fraction of sp³-hybridized carbons (Fsp3) is 0.500. The third-order valence-electron chi connectivity index (χ3n) is 6.14. The predicted octanol–water partition coefficient (Wildman–Crippen LogP) is 2.17. The lowest BCUT2D eigenvalue weighted by Gasteiger charge is -2.36. The number of hydrogen-bond acceptors (Lipinski definition) is 4. The highest BCUT2D eigenvalue weighted by Gasteiger charge is 2.54. The average molecular weight is 369 g/mol. The van der Waals surface area contributed by atoms with E-state index in [4.69, 9.17) is 0 Å². The van der Waals surface area contributed by atoms with Gasteiger partial charge in [-0.1, -0.05) is 31.9 Å². The summed E-state index contributed by atoms with van der Waals surface area (Å²) in [5, 5.41) is 2.92. The van der Waals surface area contributed by atoms with Gasteiger partial charge < -0.3 is 5.32 Å². The highest BCUT2D eigenvalue weighted by atomic mass is 16.2. The van der Waals surface area contributed by atoms with E-state index in [0.29, 0.717) is 24.0 Å². The largest absolute Gasteiger partial charge is 0.325 e. The van der Waals surface area contributed by atoms with Gasteiger partial charge >= 0.3 is 6.03 Å². The zero-order valence-corrected chi connectivity index (χ0v) is 15.4. The van der Waals surface area contributed by atoms with Crippen molar-refractivity contribution in [2.75, 3.05) is 13.1 Å².